The van der Waals surface area contributed by atoms with E-state index in [4.69, 9.17) is 11.6 Å². The van der Waals surface area contributed by atoms with Gasteiger partial charge >= 0.3 is 0 Å². The SMILES string of the molecule is Cc1cc(C)c(C(=O)NCC(Cl)CC(C)(C)C)c(C)c1. The molecule has 2 nitrogen and oxygen atoms in total. The van der Waals surface area contributed by atoms with Crippen LogP contribution in [0.4, 0.5) is 0 Å². The van der Waals surface area contributed by atoms with Crippen molar-refractivity contribution in [1.82, 2.24) is 5.32 Å². The molecule has 0 aliphatic carbocycles. The fourth-order valence-electron chi connectivity index (χ4n) is 2.57. The van der Waals surface area contributed by atoms with Crippen molar-refractivity contribution < 1.29 is 4.79 Å². The molecule has 1 aromatic carbocycles. The molecule has 1 N–H and O–H groups in total. The summed E-state index contributed by atoms with van der Waals surface area (Å²) in [6, 6.07) is 4.07. The standard InChI is InChI=1S/C17H26ClNO/c1-11-7-12(2)15(13(3)8-11)16(20)19-10-14(18)9-17(4,5)6/h7-8,14H,9-10H2,1-6H3,(H,19,20). The first-order valence-corrected chi connectivity index (χ1v) is 7.54. The van der Waals surface area contributed by atoms with Crippen molar-refractivity contribution in [2.45, 2.75) is 53.3 Å². The van der Waals surface area contributed by atoms with E-state index in [0.29, 0.717) is 6.54 Å². The van der Waals surface area contributed by atoms with Gasteiger partial charge in [0.25, 0.3) is 5.91 Å². The van der Waals surface area contributed by atoms with Gasteiger partial charge in [0, 0.05) is 12.1 Å². The first-order valence-electron chi connectivity index (χ1n) is 7.10. The first kappa shape index (κ1) is 17.0. The zero-order chi connectivity index (χ0) is 15.5. The second kappa shape index (κ2) is 6.62. The summed E-state index contributed by atoms with van der Waals surface area (Å²) >= 11 is 6.29. The minimum Gasteiger partial charge on any atom is -0.351 e. The van der Waals surface area contributed by atoms with Gasteiger partial charge in [0.15, 0.2) is 0 Å². The smallest absolute Gasteiger partial charge is 0.251 e. The van der Waals surface area contributed by atoms with Gasteiger partial charge in [-0.15, -0.1) is 11.6 Å². The van der Waals surface area contributed by atoms with Crippen molar-refractivity contribution >= 4 is 17.5 Å². The summed E-state index contributed by atoms with van der Waals surface area (Å²) < 4.78 is 0. The van der Waals surface area contributed by atoms with Crippen molar-refractivity contribution in [1.29, 1.82) is 0 Å². The Morgan fingerprint density at radius 3 is 2.15 bits per heavy atom. The normalized spacial score (nSPS) is 13.2. The molecule has 1 unspecified atom stereocenters. The van der Waals surface area contributed by atoms with Crippen LogP contribution >= 0.6 is 11.6 Å². The topological polar surface area (TPSA) is 29.1 Å². The van der Waals surface area contributed by atoms with Crippen molar-refractivity contribution in [2.24, 2.45) is 5.41 Å². The van der Waals surface area contributed by atoms with Gasteiger partial charge in [-0.3, -0.25) is 4.79 Å². The van der Waals surface area contributed by atoms with Gasteiger partial charge in [0.2, 0.25) is 0 Å². The maximum Gasteiger partial charge on any atom is 0.251 e. The Morgan fingerprint density at radius 1 is 1.20 bits per heavy atom. The molecule has 1 amide bonds. The largest absolute Gasteiger partial charge is 0.351 e. The molecule has 20 heavy (non-hydrogen) atoms. The summed E-state index contributed by atoms with van der Waals surface area (Å²) in [4.78, 5) is 12.3. The molecule has 0 heterocycles. The van der Waals surface area contributed by atoms with E-state index >= 15 is 0 Å². The Balaban J connectivity index is 2.69. The van der Waals surface area contributed by atoms with E-state index in [1.807, 2.05) is 32.9 Å². The molecule has 112 valence electrons. The molecule has 0 aromatic heterocycles. The zero-order valence-electron chi connectivity index (χ0n) is 13.4. The summed E-state index contributed by atoms with van der Waals surface area (Å²) in [5.41, 5.74) is 4.16. The number of hydrogen-bond donors (Lipinski definition) is 1. The molecule has 0 aliphatic rings. The molecule has 1 rings (SSSR count). The van der Waals surface area contributed by atoms with Crippen LogP contribution in [0.2, 0.25) is 0 Å². The minimum absolute atomic E-state index is 0.0282. The van der Waals surface area contributed by atoms with Gasteiger partial charge in [0.1, 0.15) is 0 Å². The number of benzene rings is 1. The lowest BCUT2D eigenvalue weighted by molar-refractivity contribution is 0.0950. The van der Waals surface area contributed by atoms with E-state index in [1.54, 1.807) is 0 Å². The van der Waals surface area contributed by atoms with Crippen LogP contribution in [-0.4, -0.2) is 17.8 Å². The van der Waals surface area contributed by atoms with Crippen molar-refractivity contribution in [3.05, 3.63) is 34.4 Å². The molecular weight excluding hydrogens is 270 g/mol. The second-order valence-electron chi connectivity index (χ2n) is 6.85. The molecule has 1 aromatic rings. The Bertz CT molecular complexity index is 465. The van der Waals surface area contributed by atoms with Gasteiger partial charge < -0.3 is 5.32 Å². The van der Waals surface area contributed by atoms with Crippen LogP contribution < -0.4 is 5.32 Å². The summed E-state index contributed by atoms with van der Waals surface area (Å²) in [5.74, 6) is -0.0282. The van der Waals surface area contributed by atoms with Crippen LogP contribution in [0.15, 0.2) is 12.1 Å². The number of rotatable bonds is 4. The predicted molar refractivity (Wildman–Crippen MR) is 86.7 cm³/mol. The molecule has 0 fully saturated rings. The summed E-state index contributed by atoms with van der Waals surface area (Å²) in [6.45, 7) is 12.9. The quantitative estimate of drug-likeness (QED) is 0.820. The number of carbonyl (C=O) groups is 1. The van der Waals surface area contributed by atoms with E-state index in [1.165, 1.54) is 5.56 Å². The highest BCUT2D eigenvalue weighted by Crippen LogP contribution is 2.23. The number of alkyl halides is 1. The highest BCUT2D eigenvalue weighted by Gasteiger charge is 2.18. The lowest BCUT2D eigenvalue weighted by Gasteiger charge is -2.22. The van der Waals surface area contributed by atoms with Crippen LogP contribution in [-0.2, 0) is 0 Å². The Kier molecular flexibility index (Phi) is 5.64. The summed E-state index contributed by atoms with van der Waals surface area (Å²) in [5, 5.41) is 2.91. The first-order chi connectivity index (χ1) is 9.10. The predicted octanol–water partition coefficient (Wildman–Crippen LogP) is 4.39. The summed E-state index contributed by atoms with van der Waals surface area (Å²) in [6.07, 6.45) is 0.876. The average Bonchev–Trinajstić information content (AvgIpc) is 2.22. The van der Waals surface area contributed by atoms with E-state index in [9.17, 15) is 4.79 Å². The third-order valence-electron chi connectivity index (χ3n) is 3.22. The fraction of sp³-hybridized carbons (Fsp3) is 0.588. The molecule has 0 spiro atoms. The average molecular weight is 296 g/mol. The number of aryl methyl sites for hydroxylation is 3. The van der Waals surface area contributed by atoms with Gasteiger partial charge in [0.05, 0.1) is 5.38 Å². The molecule has 1 atom stereocenters. The van der Waals surface area contributed by atoms with Crippen LogP contribution in [0.3, 0.4) is 0 Å². The number of nitrogens with one attached hydrogen (secondary N) is 1. The highest BCUT2D eigenvalue weighted by atomic mass is 35.5. The molecule has 0 bridgehead atoms. The second-order valence-corrected chi connectivity index (χ2v) is 7.46. The number of hydrogen-bond acceptors (Lipinski definition) is 1. The number of carbonyl (C=O) groups excluding carboxylic acids is 1. The lowest BCUT2D eigenvalue weighted by atomic mass is 9.90. The maximum atomic E-state index is 12.3. The van der Waals surface area contributed by atoms with Crippen molar-refractivity contribution in [3.8, 4) is 0 Å². The minimum atomic E-state index is -0.0370. The van der Waals surface area contributed by atoms with Crippen molar-refractivity contribution in [3.63, 3.8) is 0 Å². The zero-order valence-corrected chi connectivity index (χ0v) is 14.2. The van der Waals surface area contributed by atoms with E-state index in [-0.39, 0.29) is 16.7 Å². The Labute approximate surface area is 127 Å². The number of halogens is 1. The Morgan fingerprint density at radius 2 is 1.70 bits per heavy atom. The number of amides is 1. The fourth-order valence-corrected chi connectivity index (χ4v) is 3.11. The van der Waals surface area contributed by atoms with Gasteiger partial charge in [-0.25, -0.2) is 0 Å². The van der Waals surface area contributed by atoms with Crippen LogP contribution in [0, 0.1) is 26.2 Å². The van der Waals surface area contributed by atoms with Crippen LogP contribution in [0.25, 0.3) is 0 Å². The van der Waals surface area contributed by atoms with Crippen molar-refractivity contribution in [2.75, 3.05) is 6.54 Å². The van der Waals surface area contributed by atoms with Gasteiger partial charge in [-0.2, -0.15) is 0 Å². The molecule has 0 saturated carbocycles. The lowest BCUT2D eigenvalue weighted by Crippen LogP contribution is -2.32. The molecule has 0 radical (unpaired) electrons. The third-order valence-corrected chi connectivity index (χ3v) is 3.53. The maximum absolute atomic E-state index is 12.3. The molecular formula is C17H26ClNO. The van der Waals surface area contributed by atoms with E-state index in [0.717, 1.165) is 23.1 Å². The van der Waals surface area contributed by atoms with Crippen LogP contribution in [0.1, 0.15) is 54.2 Å². The highest BCUT2D eigenvalue weighted by molar-refractivity contribution is 6.21. The molecule has 3 heteroatoms. The van der Waals surface area contributed by atoms with Crippen LogP contribution in [0.5, 0.6) is 0 Å². The monoisotopic (exact) mass is 295 g/mol. The third kappa shape index (κ3) is 5.16. The molecule has 0 aliphatic heterocycles. The summed E-state index contributed by atoms with van der Waals surface area (Å²) in [7, 11) is 0. The van der Waals surface area contributed by atoms with E-state index in [2.05, 4.69) is 26.1 Å². The van der Waals surface area contributed by atoms with Gasteiger partial charge in [-0.1, -0.05) is 38.5 Å². The Hall–Kier alpha value is -1.02. The molecule has 0 saturated heterocycles. The van der Waals surface area contributed by atoms with E-state index < -0.39 is 0 Å². The van der Waals surface area contributed by atoms with Gasteiger partial charge in [-0.05, 0) is 43.7 Å².